The summed E-state index contributed by atoms with van der Waals surface area (Å²) in [7, 11) is 0. The van der Waals surface area contributed by atoms with Gasteiger partial charge in [0.1, 0.15) is 23.7 Å². The van der Waals surface area contributed by atoms with Crippen LogP contribution < -0.4 is 0 Å². The summed E-state index contributed by atoms with van der Waals surface area (Å²) in [5, 5.41) is 0.969. The summed E-state index contributed by atoms with van der Waals surface area (Å²) in [6.45, 7) is 5.72. The van der Waals surface area contributed by atoms with E-state index in [0.29, 0.717) is 12.8 Å². The van der Waals surface area contributed by atoms with E-state index >= 15 is 0 Å². The van der Waals surface area contributed by atoms with Crippen LogP contribution in [0.5, 0.6) is 0 Å². The van der Waals surface area contributed by atoms with Crippen molar-refractivity contribution in [3.63, 3.8) is 0 Å². The van der Waals surface area contributed by atoms with Crippen LogP contribution in [-0.4, -0.2) is 43.9 Å². The first-order valence-electron chi connectivity index (χ1n) is 8.26. The van der Waals surface area contributed by atoms with Gasteiger partial charge in [-0.1, -0.05) is 0 Å². The molecule has 0 bridgehead atoms. The summed E-state index contributed by atoms with van der Waals surface area (Å²) in [6, 6.07) is 1.97. The minimum Gasteiger partial charge on any atom is -0.341 e. The number of Topliss-reactive ketones (excluding diaryl/α,β-unsaturated/α-hetero) is 1. The van der Waals surface area contributed by atoms with Crippen LogP contribution in [-0.2, 0) is 19.0 Å². The third-order valence-electron chi connectivity index (χ3n) is 5.34. The third kappa shape index (κ3) is 1.69. The summed E-state index contributed by atoms with van der Waals surface area (Å²) in [6.07, 6.45) is 3.22. The molecule has 0 amide bonds. The molecule has 1 saturated carbocycles. The predicted molar refractivity (Wildman–Crippen MR) is 83.2 cm³/mol. The van der Waals surface area contributed by atoms with Gasteiger partial charge in [0.2, 0.25) is 0 Å². The highest BCUT2D eigenvalue weighted by Crippen LogP contribution is 2.56. The topological polar surface area (TPSA) is 75.5 Å². The van der Waals surface area contributed by atoms with Crippen molar-refractivity contribution in [2.24, 2.45) is 0 Å². The van der Waals surface area contributed by atoms with Gasteiger partial charge in [-0.2, -0.15) is 0 Å². The molecule has 24 heavy (non-hydrogen) atoms. The number of hydrogen-bond donors (Lipinski definition) is 0. The summed E-state index contributed by atoms with van der Waals surface area (Å²) < 4.78 is 20.5. The molecule has 0 N–H and O–H groups in total. The van der Waals surface area contributed by atoms with E-state index in [2.05, 4.69) is 9.97 Å². The first kappa shape index (κ1) is 14.5. The number of fused-ring (bicyclic) bond motifs is 1. The van der Waals surface area contributed by atoms with Gasteiger partial charge < -0.3 is 18.8 Å². The normalized spacial score (nSPS) is 37.1. The first-order chi connectivity index (χ1) is 11.4. The second-order valence-corrected chi connectivity index (χ2v) is 7.29. The lowest BCUT2D eigenvalue weighted by atomic mass is 9.94. The van der Waals surface area contributed by atoms with Gasteiger partial charge in [-0.3, -0.25) is 4.79 Å². The lowest BCUT2D eigenvalue weighted by Gasteiger charge is -2.25. The van der Waals surface area contributed by atoms with E-state index in [-0.39, 0.29) is 11.9 Å². The smallest absolute Gasteiger partial charge is 0.165 e. The zero-order chi connectivity index (χ0) is 16.7. The van der Waals surface area contributed by atoms with Crippen LogP contribution in [0.15, 0.2) is 18.6 Å². The Kier molecular flexibility index (Phi) is 2.67. The lowest BCUT2D eigenvalue weighted by molar-refractivity contribution is -0.206. The van der Waals surface area contributed by atoms with Crippen LogP contribution in [0.4, 0.5) is 0 Å². The second-order valence-electron chi connectivity index (χ2n) is 7.29. The molecule has 4 heterocycles. The molecule has 7 nitrogen and oxygen atoms in total. The molecule has 7 heteroatoms. The van der Waals surface area contributed by atoms with Crippen LogP contribution >= 0.6 is 0 Å². The summed E-state index contributed by atoms with van der Waals surface area (Å²) in [5.41, 5.74) is 0.999. The quantitative estimate of drug-likeness (QED) is 0.795. The number of hydrogen-bond acceptors (Lipinski definition) is 6. The van der Waals surface area contributed by atoms with Gasteiger partial charge in [0.05, 0.1) is 5.69 Å². The Balaban J connectivity index is 1.64. The molecular weight excluding hydrogens is 310 g/mol. The third-order valence-corrected chi connectivity index (χ3v) is 5.34. The Morgan fingerprint density at radius 3 is 3.00 bits per heavy atom. The minimum absolute atomic E-state index is 0.0890. The fraction of sp³-hybridized carbons (Fsp3) is 0.588. The molecule has 0 aromatic carbocycles. The Hall–Kier alpha value is -1.83. The summed E-state index contributed by atoms with van der Waals surface area (Å²) in [5.74, 6) is -0.644. The van der Waals surface area contributed by atoms with Gasteiger partial charge in [-0.25, -0.2) is 9.97 Å². The molecule has 2 aliphatic heterocycles. The van der Waals surface area contributed by atoms with Crippen LogP contribution in [0, 0.1) is 6.92 Å². The number of ether oxygens (including phenoxy) is 3. The van der Waals surface area contributed by atoms with Crippen molar-refractivity contribution >= 4 is 16.8 Å². The SMILES string of the molecule is Cc1ncnc2c1ccn2[C@@H]1O[C@@H]2C(=O)CC[C@@]23OC(C)(C)O[C@@H]13. The fourth-order valence-corrected chi connectivity index (χ4v) is 4.41. The maximum absolute atomic E-state index is 12.3. The molecule has 1 spiro atoms. The number of ketones is 1. The Bertz CT molecular complexity index is 861. The molecule has 5 rings (SSSR count). The fourth-order valence-electron chi connectivity index (χ4n) is 4.41. The molecule has 1 aliphatic carbocycles. The van der Waals surface area contributed by atoms with Crippen molar-refractivity contribution in [2.75, 3.05) is 0 Å². The highest BCUT2D eigenvalue weighted by Gasteiger charge is 2.70. The molecule has 126 valence electrons. The van der Waals surface area contributed by atoms with Crippen LogP contribution in [0.1, 0.15) is 38.6 Å². The standard InChI is InChI=1S/C17H19N3O4/c1-9-10-5-7-20(14(10)19-8-18-9)15-13-17(24-16(2,3)23-13)6-4-11(21)12(17)22-15/h5,7-8,12-13,15H,4,6H2,1-3H3/t12-,13+,15-,17-/m1/s1. The predicted octanol–water partition coefficient (Wildman–Crippen LogP) is 1.89. The van der Waals surface area contributed by atoms with Gasteiger partial charge in [0.15, 0.2) is 23.9 Å². The molecule has 0 radical (unpaired) electrons. The molecule has 3 aliphatic rings. The summed E-state index contributed by atoms with van der Waals surface area (Å²) >= 11 is 0. The van der Waals surface area contributed by atoms with E-state index in [1.54, 1.807) is 6.33 Å². The van der Waals surface area contributed by atoms with Crippen molar-refractivity contribution < 1.29 is 19.0 Å². The van der Waals surface area contributed by atoms with Gasteiger partial charge >= 0.3 is 0 Å². The van der Waals surface area contributed by atoms with E-state index in [0.717, 1.165) is 16.7 Å². The lowest BCUT2D eigenvalue weighted by Crippen LogP contribution is -2.44. The highest BCUT2D eigenvalue weighted by atomic mass is 16.8. The summed E-state index contributed by atoms with van der Waals surface area (Å²) in [4.78, 5) is 21.0. The van der Waals surface area contributed by atoms with E-state index in [1.165, 1.54) is 0 Å². The molecule has 3 fully saturated rings. The van der Waals surface area contributed by atoms with Crippen molar-refractivity contribution in [1.82, 2.24) is 14.5 Å². The minimum atomic E-state index is -0.733. The molecule has 2 saturated heterocycles. The number of rotatable bonds is 1. The first-order valence-corrected chi connectivity index (χ1v) is 8.26. The Morgan fingerprint density at radius 2 is 2.17 bits per heavy atom. The van der Waals surface area contributed by atoms with Crippen LogP contribution in [0.25, 0.3) is 11.0 Å². The molecule has 2 aromatic rings. The number of aryl methyl sites for hydroxylation is 1. The number of nitrogens with zero attached hydrogens (tertiary/aromatic N) is 3. The monoisotopic (exact) mass is 329 g/mol. The Morgan fingerprint density at radius 1 is 1.33 bits per heavy atom. The van der Waals surface area contributed by atoms with Crippen LogP contribution in [0.3, 0.4) is 0 Å². The van der Waals surface area contributed by atoms with Crippen molar-refractivity contribution in [3.05, 3.63) is 24.3 Å². The van der Waals surface area contributed by atoms with E-state index in [9.17, 15) is 4.79 Å². The average molecular weight is 329 g/mol. The number of carbonyl (C=O) groups is 1. The van der Waals surface area contributed by atoms with Gasteiger partial charge in [-0.05, 0) is 33.3 Å². The maximum Gasteiger partial charge on any atom is 0.165 e. The van der Waals surface area contributed by atoms with Crippen molar-refractivity contribution in [1.29, 1.82) is 0 Å². The largest absolute Gasteiger partial charge is 0.341 e. The molecule has 4 atom stereocenters. The van der Waals surface area contributed by atoms with Crippen molar-refractivity contribution in [3.8, 4) is 0 Å². The van der Waals surface area contributed by atoms with E-state index in [1.807, 2.05) is 37.6 Å². The average Bonchev–Trinajstić information content (AvgIpc) is 3.19. The van der Waals surface area contributed by atoms with E-state index in [4.69, 9.17) is 14.2 Å². The zero-order valence-electron chi connectivity index (χ0n) is 13.9. The van der Waals surface area contributed by atoms with Gasteiger partial charge in [0.25, 0.3) is 0 Å². The molecule has 2 aromatic heterocycles. The van der Waals surface area contributed by atoms with Gasteiger partial charge in [-0.15, -0.1) is 0 Å². The van der Waals surface area contributed by atoms with Gasteiger partial charge in [0, 0.05) is 18.0 Å². The second kappa shape index (κ2) is 4.41. The number of aromatic nitrogens is 3. The van der Waals surface area contributed by atoms with Crippen molar-refractivity contribution in [2.45, 2.75) is 63.4 Å². The highest BCUT2D eigenvalue weighted by molar-refractivity contribution is 5.88. The Labute approximate surface area is 138 Å². The van der Waals surface area contributed by atoms with E-state index < -0.39 is 23.7 Å². The van der Waals surface area contributed by atoms with Crippen LogP contribution in [0.2, 0.25) is 0 Å². The zero-order valence-corrected chi connectivity index (χ0v) is 13.9. The molecular formula is C17H19N3O4. The maximum atomic E-state index is 12.3. The molecule has 0 unspecified atom stereocenters. The number of carbonyl (C=O) groups excluding carboxylic acids is 1.